The SMILES string of the molecule is CC1=CCN(C(=O)c2cccc(S(=O)(=O)Cl)c2)CC1. The minimum absolute atomic E-state index is 0.0521. The van der Waals surface area contributed by atoms with Gasteiger partial charge in [0.25, 0.3) is 15.0 Å². The van der Waals surface area contributed by atoms with Gasteiger partial charge < -0.3 is 4.90 Å². The summed E-state index contributed by atoms with van der Waals surface area (Å²) >= 11 is 0. The molecule has 1 aliphatic rings. The number of carbonyl (C=O) groups is 1. The lowest BCUT2D eigenvalue weighted by atomic mass is 10.1. The first-order chi connectivity index (χ1) is 8.88. The van der Waals surface area contributed by atoms with Gasteiger partial charge in [-0.25, -0.2) is 8.42 Å². The first kappa shape index (κ1) is 14.1. The zero-order valence-electron chi connectivity index (χ0n) is 10.5. The monoisotopic (exact) mass is 299 g/mol. The van der Waals surface area contributed by atoms with E-state index in [2.05, 4.69) is 0 Å². The molecule has 0 N–H and O–H groups in total. The van der Waals surface area contributed by atoms with Gasteiger partial charge in [0, 0.05) is 29.3 Å². The maximum absolute atomic E-state index is 12.2. The maximum atomic E-state index is 12.2. The highest BCUT2D eigenvalue weighted by molar-refractivity contribution is 8.13. The number of hydrogen-bond donors (Lipinski definition) is 0. The van der Waals surface area contributed by atoms with Crippen LogP contribution >= 0.6 is 10.7 Å². The van der Waals surface area contributed by atoms with Crippen molar-refractivity contribution in [3.8, 4) is 0 Å². The third-order valence-electron chi connectivity index (χ3n) is 3.09. The fraction of sp³-hybridized carbons (Fsp3) is 0.308. The summed E-state index contributed by atoms with van der Waals surface area (Å²) in [5.41, 5.74) is 1.61. The van der Waals surface area contributed by atoms with Crippen LogP contribution in [-0.4, -0.2) is 32.3 Å². The Morgan fingerprint density at radius 2 is 2.11 bits per heavy atom. The van der Waals surface area contributed by atoms with Crippen molar-refractivity contribution in [2.45, 2.75) is 18.2 Å². The molecule has 0 aliphatic carbocycles. The van der Waals surface area contributed by atoms with E-state index in [-0.39, 0.29) is 10.8 Å². The average molecular weight is 300 g/mol. The molecule has 0 radical (unpaired) electrons. The van der Waals surface area contributed by atoms with Gasteiger partial charge in [0.15, 0.2) is 0 Å². The molecule has 0 saturated carbocycles. The number of carbonyl (C=O) groups excluding carboxylic acids is 1. The lowest BCUT2D eigenvalue weighted by Gasteiger charge is -2.25. The van der Waals surface area contributed by atoms with E-state index >= 15 is 0 Å². The molecule has 1 aromatic carbocycles. The molecule has 0 aromatic heterocycles. The van der Waals surface area contributed by atoms with Crippen molar-refractivity contribution in [1.29, 1.82) is 0 Å². The first-order valence-electron chi connectivity index (χ1n) is 5.87. The first-order valence-corrected chi connectivity index (χ1v) is 8.18. The van der Waals surface area contributed by atoms with Crippen LogP contribution < -0.4 is 0 Å². The number of rotatable bonds is 2. The van der Waals surface area contributed by atoms with Gasteiger partial charge in [-0.15, -0.1) is 0 Å². The number of hydrogen-bond acceptors (Lipinski definition) is 3. The van der Waals surface area contributed by atoms with Crippen LogP contribution in [0.5, 0.6) is 0 Å². The van der Waals surface area contributed by atoms with E-state index in [0.717, 1.165) is 6.42 Å². The van der Waals surface area contributed by atoms with Gasteiger partial charge in [-0.3, -0.25) is 4.79 Å². The Bertz CT molecular complexity index is 637. The normalized spacial score (nSPS) is 16.1. The van der Waals surface area contributed by atoms with Crippen molar-refractivity contribution in [1.82, 2.24) is 4.90 Å². The van der Waals surface area contributed by atoms with E-state index in [1.54, 1.807) is 11.0 Å². The molecule has 1 amide bonds. The van der Waals surface area contributed by atoms with Crippen molar-refractivity contribution in [2.24, 2.45) is 0 Å². The zero-order chi connectivity index (χ0) is 14.0. The molecule has 0 saturated heterocycles. The smallest absolute Gasteiger partial charge is 0.261 e. The molecule has 1 aliphatic heterocycles. The highest BCUT2D eigenvalue weighted by Gasteiger charge is 2.19. The standard InChI is InChI=1S/C13H14ClNO3S/c1-10-5-7-15(8-6-10)13(16)11-3-2-4-12(9-11)19(14,17)18/h2-5,9H,6-8H2,1H3. The lowest BCUT2D eigenvalue weighted by molar-refractivity contribution is 0.0769. The Balaban J connectivity index is 2.25. The molecule has 2 rings (SSSR count). The minimum atomic E-state index is -3.81. The molecule has 1 aromatic rings. The largest absolute Gasteiger partial charge is 0.335 e. The highest BCUT2D eigenvalue weighted by atomic mass is 35.7. The molecule has 0 bridgehead atoms. The molecule has 4 nitrogen and oxygen atoms in total. The maximum Gasteiger partial charge on any atom is 0.261 e. The summed E-state index contributed by atoms with van der Waals surface area (Å²) in [4.78, 5) is 13.9. The highest BCUT2D eigenvalue weighted by Crippen LogP contribution is 2.18. The van der Waals surface area contributed by atoms with Gasteiger partial charge >= 0.3 is 0 Å². The van der Waals surface area contributed by atoms with Gasteiger partial charge in [-0.1, -0.05) is 17.7 Å². The van der Waals surface area contributed by atoms with Crippen molar-refractivity contribution in [3.63, 3.8) is 0 Å². The Labute approximate surface area is 117 Å². The molecular formula is C13H14ClNO3S. The summed E-state index contributed by atoms with van der Waals surface area (Å²) in [5.74, 6) is -0.175. The summed E-state index contributed by atoms with van der Waals surface area (Å²) in [6.45, 7) is 3.24. The number of nitrogens with zero attached hydrogens (tertiary/aromatic N) is 1. The van der Waals surface area contributed by atoms with Gasteiger partial charge in [-0.2, -0.15) is 0 Å². The van der Waals surface area contributed by atoms with Crippen molar-refractivity contribution in [3.05, 3.63) is 41.5 Å². The summed E-state index contributed by atoms with van der Waals surface area (Å²) in [5, 5.41) is 0. The van der Waals surface area contributed by atoms with Crippen LogP contribution in [0, 0.1) is 0 Å². The minimum Gasteiger partial charge on any atom is -0.335 e. The number of halogens is 1. The fourth-order valence-electron chi connectivity index (χ4n) is 1.92. The van der Waals surface area contributed by atoms with Crippen LogP contribution in [0.1, 0.15) is 23.7 Å². The van der Waals surface area contributed by atoms with Crippen LogP contribution in [0.3, 0.4) is 0 Å². The Hall–Kier alpha value is -1.33. The molecule has 1 heterocycles. The van der Waals surface area contributed by atoms with Crippen LogP contribution in [0.15, 0.2) is 40.8 Å². The number of amides is 1. The summed E-state index contributed by atoms with van der Waals surface area (Å²) < 4.78 is 22.5. The van der Waals surface area contributed by atoms with E-state index in [1.165, 1.54) is 23.8 Å². The average Bonchev–Trinajstić information content (AvgIpc) is 2.38. The second-order valence-corrected chi connectivity index (χ2v) is 7.08. The van der Waals surface area contributed by atoms with E-state index in [9.17, 15) is 13.2 Å². The summed E-state index contributed by atoms with van der Waals surface area (Å²) in [6, 6.07) is 5.81. The predicted molar refractivity (Wildman–Crippen MR) is 73.8 cm³/mol. The second-order valence-electron chi connectivity index (χ2n) is 4.52. The van der Waals surface area contributed by atoms with E-state index in [1.807, 2.05) is 13.0 Å². The molecule has 0 spiro atoms. The van der Waals surface area contributed by atoms with Gasteiger partial charge in [0.2, 0.25) is 0 Å². The van der Waals surface area contributed by atoms with Crippen molar-refractivity contribution >= 4 is 25.6 Å². The van der Waals surface area contributed by atoms with Gasteiger partial charge in [0.1, 0.15) is 0 Å². The Morgan fingerprint density at radius 3 is 2.68 bits per heavy atom. The van der Waals surface area contributed by atoms with Gasteiger partial charge in [0.05, 0.1) is 4.90 Å². The van der Waals surface area contributed by atoms with Gasteiger partial charge in [-0.05, 0) is 31.5 Å². The third kappa shape index (κ3) is 3.36. The van der Waals surface area contributed by atoms with Crippen LogP contribution in [0.2, 0.25) is 0 Å². The van der Waals surface area contributed by atoms with Crippen LogP contribution in [-0.2, 0) is 9.05 Å². The fourth-order valence-corrected chi connectivity index (χ4v) is 2.72. The molecule has 19 heavy (non-hydrogen) atoms. The molecule has 0 unspecified atom stereocenters. The summed E-state index contributed by atoms with van der Waals surface area (Å²) in [6.07, 6.45) is 2.85. The van der Waals surface area contributed by atoms with E-state index in [4.69, 9.17) is 10.7 Å². The Morgan fingerprint density at radius 1 is 1.37 bits per heavy atom. The molecular weight excluding hydrogens is 286 g/mol. The number of benzene rings is 1. The van der Waals surface area contributed by atoms with Crippen LogP contribution in [0.4, 0.5) is 0 Å². The summed E-state index contributed by atoms with van der Waals surface area (Å²) in [7, 11) is 1.47. The van der Waals surface area contributed by atoms with E-state index < -0.39 is 9.05 Å². The topological polar surface area (TPSA) is 54.5 Å². The Kier molecular flexibility index (Phi) is 3.96. The molecule has 6 heteroatoms. The second kappa shape index (κ2) is 5.35. The predicted octanol–water partition coefficient (Wildman–Crippen LogP) is 2.41. The van der Waals surface area contributed by atoms with Crippen LogP contribution in [0.25, 0.3) is 0 Å². The van der Waals surface area contributed by atoms with Crippen molar-refractivity contribution in [2.75, 3.05) is 13.1 Å². The lowest BCUT2D eigenvalue weighted by Crippen LogP contribution is -2.34. The van der Waals surface area contributed by atoms with E-state index in [0.29, 0.717) is 18.7 Å². The molecule has 102 valence electrons. The molecule has 0 atom stereocenters. The zero-order valence-corrected chi connectivity index (χ0v) is 12.0. The van der Waals surface area contributed by atoms with Crippen molar-refractivity contribution < 1.29 is 13.2 Å². The molecule has 0 fully saturated rings. The third-order valence-corrected chi connectivity index (χ3v) is 4.44. The quantitative estimate of drug-likeness (QED) is 0.622.